The number of hydrogen-bond donors (Lipinski definition) is 1. The van der Waals surface area contributed by atoms with Crippen molar-refractivity contribution in [2.45, 2.75) is 64.6 Å². The van der Waals surface area contributed by atoms with Crippen LogP contribution >= 0.6 is 0 Å². The molecule has 1 N–H and O–H groups in total. The molecule has 0 saturated heterocycles. The van der Waals surface area contributed by atoms with Gasteiger partial charge in [0.1, 0.15) is 0 Å². The van der Waals surface area contributed by atoms with Crippen molar-refractivity contribution < 1.29 is 25.3 Å². The summed E-state index contributed by atoms with van der Waals surface area (Å²) in [4.78, 5) is 0. The minimum atomic E-state index is -4.15. The Balaban J connectivity index is 0. The molecule has 10 heteroatoms. The first-order valence-corrected chi connectivity index (χ1v) is 12.5. The molecule has 0 saturated carbocycles. The van der Waals surface area contributed by atoms with Crippen molar-refractivity contribution in [2.75, 3.05) is 11.5 Å². The molecule has 0 fully saturated rings. The summed E-state index contributed by atoms with van der Waals surface area (Å²) < 4.78 is 60.0. The molecule has 0 aromatic heterocycles. The predicted molar refractivity (Wildman–Crippen MR) is 94.1 cm³/mol. The second kappa shape index (κ2) is 9.20. The van der Waals surface area contributed by atoms with E-state index in [0.29, 0.717) is 0 Å². The molecule has 0 rings (SSSR count). The Bertz CT molecular complexity index is 506. The fourth-order valence-corrected chi connectivity index (χ4v) is 12.6. The summed E-state index contributed by atoms with van der Waals surface area (Å²) >= 11 is 0. The maximum absolute atomic E-state index is 12.2. The van der Waals surface area contributed by atoms with Gasteiger partial charge in [0.2, 0.25) is 8.32 Å². The molecule has 0 unspecified atom stereocenters. The van der Waals surface area contributed by atoms with E-state index in [1.807, 2.05) is 41.5 Å². The molecule has 0 spiro atoms. The van der Waals surface area contributed by atoms with Crippen molar-refractivity contribution in [3.8, 4) is 0 Å². The van der Waals surface area contributed by atoms with Crippen molar-refractivity contribution in [2.24, 2.45) is 0 Å². The van der Waals surface area contributed by atoms with E-state index in [2.05, 4.69) is 0 Å². The van der Waals surface area contributed by atoms with E-state index in [0.717, 1.165) is 0 Å². The van der Waals surface area contributed by atoms with Crippen molar-refractivity contribution in [1.29, 1.82) is 0 Å². The van der Waals surface area contributed by atoms with E-state index < -0.39 is 40.1 Å². The van der Waals surface area contributed by atoms with Gasteiger partial charge in [0.15, 0.2) is 0 Å². The molecular weight excluding hydrogens is 339 g/mol. The van der Waals surface area contributed by atoms with E-state index in [1.165, 1.54) is 0 Å². The monoisotopic (exact) mass is 368 g/mol. The molecule has 0 bridgehead atoms. The van der Waals surface area contributed by atoms with Crippen LogP contribution in [-0.4, -0.2) is 60.1 Å². The van der Waals surface area contributed by atoms with Gasteiger partial charge in [-0.25, -0.2) is 8.42 Å². The molecule has 0 aliphatic carbocycles. The van der Waals surface area contributed by atoms with Gasteiger partial charge in [-0.15, -0.1) is 0 Å². The second-order valence-electron chi connectivity index (χ2n) is 6.30. The summed E-state index contributed by atoms with van der Waals surface area (Å²) in [5, 5.41) is 0. The zero-order valence-electron chi connectivity index (χ0n) is 13.7. The quantitative estimate of drug-likeness (QED) is 0.494. The molecule has 0 aromatic rings. The van der Waals surface area contributed by atoms with Crippen molar-refractivity contribution in [1.82, 2.24) is 0 Å². The summed E-state index contributed by atoms with van der Waals surface area (Å²) in [5.74, 6) is -0.969. The Labute approximate surface area is 148 Å². The van der Waals surface area contributed by atoms with Crippen molar-refractivity contribution >= 4 is 47.4 Å². The molecule has 130 valence electrons. The third kappa shape index (κ3) is 7.47. The molecule has 0 aromatic carbocycles. The Kier molecular flexibility index (Phi) is 10.4. The van der Waals surface area contributed by atoms with Gasteiger partial charge in [-0.05, 0) is 23.0 Å². The minimum absolute atomic E-state index is 0. The number of hydrogen-bond acceptors (Lipinski definition) is 5. The fourth-order valence-electron chi connectivity index (χ4n) is 2.97. The summed E-state index contributed by atoms with van der Waals surface area (Å²) in [7, 11) is -10.5. The Hall–Kier alpha value is 0.634. The maximum atomic E-state index is 12.2. The van der Waals surface area contributed by atoms with Crippen molar-refractivity contribution in [3.63, 3.8) is 0 Å². The van der Waals surface area contributed by atoms with E-state index in [4.69, 9.17) is 8.42 Å². The van der Waals surface area contributed by atoms with E-state index in [1.54, 1.807) is 0 Å². The van der Waals surface area contributed by atoms with Crippen LogP contribution in [0.5, 0.6) is 0 Å². The van der Waals surface area contributed by atoms with E-state index >= 15 is 0 Å². The normalized spacial score (nSPS) is 13.7. The van der Waals surface area contributed by atoms with Gasteiger partial charge in [0.05, 0.1) is 11.5 Å². The number of rotatable bonds is 9. The zero-order chi connectivity index (χ0) is 17.1. The van der Waals surface area contributed by atoms with Gasteiger partial charge in [-0.2, -0.15) is 8.42 Å². The molecule has 0 heterocycles. The molecule has 6 nitrogen and oxygen atoms in total. The Morgan fingerprint density at radius 3 is 1.50 bits per heavy atom. The van der Waals surface area contributed by atoms with Gasteiger partial charge in [0, 0.05) is 0 Å². The van der Waals surface area contributed by atoms with Gasteiger partial charge >= 0.3 is 18.9 Å². The van der Waals surface area contributed by atoms with Crippen LogP contribution in [0.25, 0.3) is 0 Å². The first-order valence-electron chi connectivity index (χ1n) is 7.13. The van der Waals surface area contributed by atoms with Gasteiger partial charge in [0.25, 0.3) is 20.2 Å². The Morgan fingerprint density at radius 1 is 0.864 bits per heavy atom. The van der Waals surface area contributed by atoms with Gasteiger partial charge in [-0.1, -0.05) is 41.5 Å². The first-order chi connectivity index (χ1) is 9.24. The van der Waals surface area contributed by atoms with Crippen LogP contribution in [0.15, 0.2) is 0 Å². The summed E-state index contributed by atoms with van der Waals surface area (Å²) in [5.41, 5.74) is 0.358. The molecule has 0 atom stereocenters. The summed E-state index contributed by atoms with van der Waals surface area (Å²) in [6.07, 6.45) is -0.167. The summed E-state index contributed by atoms with van der Waals surface area (Å²) in [6.45, 7) is 11.8. The summed E-state index contributed by atoms with van der Waals surface area (Å²) in [6, 6.07) is 0. The predicted octanol–water partition coefficient (Wildman–Crippen LogP) is 2.14. The van der Waals surface area contributed by atoms with Crippen LogP contribution in [0.4, 0.5) is 0 Å². The van der Waals surface area contributed by atoms with Crippen LogP contribution in [0, 0.1) is 0 Å². The molecule has 0 radical (unpaired) electrons. The molecule has 0 amide bonds. The molecule has 0 aliphatic heterocycles. The van der Waals surface area contributed by atoms with E-state index in [-0.39, 0.29) is 41.9 Å². The van der Waals surface area contributed by atoms with Crippen LogP contribution < -0.4 is 0 Å². The van der Waals surface area contributed by atoms with Crippen LogP contribution in [0.1, 0.15) is 48.0 Å². The SMILES string of the molecule is CC(C)[Si](OS(=O)(=O)CCCS(=O)(=O)O)(C(C)C)C(C)C.[LiH]. The van der Waals surface area contributed by atoms with Gasteiger partial charge < -0.3 is 3.87 Å². The van der Waals surface area contributed by atoms with Crippen LogP contribution in [0.3, 0.4) is 0 Å². The van der Waals surface area contributed by atoms with Crippen LogP contribution in [-0.2, 0) is 24.1 Å². The first kappa shape index (κ1) is 24.9. The van der Waals surface area contributed by atoms with Crippen molar-refractivity contribution in [3.05, 3.63) is 0 Å². The average Bonchev–Trinajstić information content (AvgIpc) is 2.22. The standard InChI is InChI=1S/C12H28O6S2Si.Li.H/c1-10(2)21(11(3)4,12(5)6)18-20(16,17)9-7-8-19(13,14)15;;/h10-12H,7-9H2,1-6H3,(H,13,14,15);;. The van der Waals surface area contributed by atoms with Crippen LogP contribution in [0.2, 0.25) is 16.6 Å². The Morgan fingerprint density at radius 2 is 1.23 bits per heavy atom. The van der Waals surface area contributed by atoms with E-state index in [9.17, 15) is 16.8 Å². The third-order valence-corrected chi connectivity index (χ3v) is 13.0. The fraction of sp³-hybridized carbons (Fsp3) is 1.00. The third-order valence-electron chi connectivity index (χ3n) is 3.78. The molecular formula is C12H29LiO6S2Si. The average molecular weight is 369 g/mol. The second-order valence-corrected chi connectivity index (χ2v) is 15.2. The molecule has 22 heavy (non-hydrogen) atoms. The zero-order valence-corrected chi connectivity index (χ0v) is 16.3. The van der Waals surface area contributed by atoms with Gasteiger partial charge in [-0.3, -0.25) is 4.55 Å². The topological polar surface area (TPSA) is 97.7 Å². The molecule has 0 aliphatic rings.